The summed E-state index contributed by atoms with van der Waals surface area (Å²) in [5.41, 5.74) is 0.421. The molecule has 0 atom stereocenters. The topological polar surface area (TPSA) is 117 Å². The Morgan fingerprint density at radius 3 is 2.52 bits per heavy atom. The molecule has 0 spiro atoms. The fraction of sp³-hybridized carbons (Fsp3) is 0.222. The molecule has 0 radical (unpaired) electrons. The summed E-state index contributed by atoms with van der Waals surface area (Å²) < 4.78 is 15.1. The van der Waals surface area contributed by atoms with Crippen molar-refractivity contribution < 1.29 is 28.7 Å². The minimum absolute atomic E-state index is 0.179. The molecule has 1 N–H and O–H groups in total. The van der Waals surface area contributed by atoms with E-state index in [1.165, 1.54) is 32.4 Å². The molecule has 1 amide bonds. The van der Waals surface area contributed by atoms with Crippen molar-refractivity contribution in [2.24, 2.45) is 0 Å². The van der Waals surface area contributed by atoms with E-state index in [4.69, 9.17) is 14.2 Å². The van der Waals surface area contributed by atoms with Gasteiger partial charge >= 0.3 is 5.97 Å². The Kier molecular flexibility index (Phi) is 6.70. The molecule has 0 fully saturated rings. The fourth-order valence-corrected chi connectivity index (χ4v) is 2.28. The number of hydrogen-bond donors (Lipinski definition) is 1. The van der Waals surface area contributed by atoms with Crippen molar-refractivity contribution >= 4 is 23.3 Å². The number of hydrogen-bond acceptors (Lipinski definition) is 7. The predicted molar refractivity (Wildman–Crippen MR) is 95.9 cm³/mol. The van der Waals surface area contributed by atoms with Crippen molar-refractivity contribution in [2.75, 3.05) is 26.1 Å². The van der Waals surface area contributed by atoms with Crippen molar-refractivity contribution in [3.05, 3.63) is 58.1 Å². The number of carbonyl (C=O) groups excluding carboxylic acids is 2. The number of benzene rings is 2. The van der Waals surface area contributed by atoms with E-state index in [1.54, 1.807) is 24.3 Å². The predicted octanol–water partition coefficient (Wildman–Crippen LogP) is 2.34. The number of nitro groups is 1. The molecule has 0 saturated carbocycles. The van der Waals surface area contributed by atoms with Crippen LogP contribution in [0.2, 0.25) is 0 Å². The molecule has 2 rings (SSSR count). The highest BCUT2D eigenvalue weighted by Gasteiger charge is 2.17. The average Bonchev–Trinajstić information content (AvgIpc) is 2.67. The summed E-state index contributed by atoms with van der Waals surface area (Å²) in [7, 11) is 2.95. The summed E-state index contributed by atoms with van der Waals surface area (Å²) in [6.45, 7) is -0.533. The fourth-order valence-electron chi connectivity index (χ4n) is 2.28. The number of amides is 1. The molecular weight excluding hydrogens is 356 g/mol. The van der Waals surface area contributed by atoms with Gasteiger partial charge in [-0.25, -0.2) is 0 Å². The lowest BCUT2D eigenvalue weighted by molar-refractivity contribution is -0.385. The molecule has 0 heterocycles. The van der Waals surface area contributed by atoms with E-state index in [9.17, 15) is 19.7 Å². The van der Waals surface area contributed by atoms with Crippen molar-refractivity contribution in [1.29, 1.82) is 0 Å². The maximum atomic E-state index is 12.0. The highest BCUT2D eigenvalue weighted by Crippen LogP contribution is 2.28. The van der Waals surface area contributed by atoms with Crippen LogP contribution >= 0.6 is 0 Å². The van der Waals surface area contributed by atoms with E-state index < -0.39 is 23.4 Å². The Bertz CT molecular complexity index is 851. The van der Waals surface area contributed by atoms with Gasteiger partial charge in [-0.15, -0.1) is 0 Å². The summed E-state index contributed by atoms with van der Waals surface area (Å²) in [6, 6.07) is 10.7. The number of anilines is 1. The molecule has 0 aliphatic heterocycles. The van der Waals surface area contributed by atoms with Crippen LogP contribution in [0, 0.1) is 10.1 Å². The molecule has 0 unspecified atom stereocenters. The van der Waals surface area contributed by atoms with Crippen LogP contribution in [-0.2, 0) is 20.7 Å². The van der Waals surface area contributed by atoms with E-state index in [0.29, 0.717) is 17.2 Å². The van der Waals surface area contributed by atoms with Gasteiger partial charge in [0.2, 0.25) is 0 Å². The summed E-state index contributed by atoms with van der Waals surface area (Å²) >= 11 is 0. The largest absolute Gasteiger partial charge is 0.497 e. The van der Waals surface area contributed by atoms with Crippen LogP contribution in [0.3, 0.4) is 0 Å². The first-order valence-electron chi connectivity index (χ1n) is 7.84. The molecule has 2 aromatic carbocycles. The Hall–Kier alpha value is -3.62. The van der Waals surface area contributed by atoms with Gasteiger partial charge < -0.3 is 19.5 Å². The zero-order valence-corrected chi connectivity index (χ0v) is 14.8. The Morgan fingerprint density at radius 1 is 1.11 bits per heavy atom. The van der Waals surface area contributed by atoms with Crippen LogP contribution in [-0.4, -0.2) is 37.6 Å². The smallest absolute Gasteiger partial charge is 0.311 e. The van der Waals surface area contributed by atoms with Crippen molar-refractivity contribution in [1.82, 2.24) is 0 Å². The number of nitrogens with one attached hydrogen (secondary N) is 1. The number of methoxy groups -OCH3 is 2. The van der Waals surface area contributed by atoms with Crippen LogP contribution in [0.15, 0.2) is 42.5 Å². The minimum atomic E-state index is -0.749. The third kappa shape index (κ3) is 5.43. The minimum Gasteiger partial charge on any atom is -0.497 e. The second-order valence-corrected chi connectivity index (χ2v) is 5.34. The van der Waals surface area contributed by atoms with Gasteiger partial charge in [-0.05, 0) is 12.1 Å². The van der Waals surface area contributed by atoms with Crippen LogP contribution in [0.5, 0.6) is 11.5 Å². The van der Waals surface area contributed by atoms with E-state index in [1.807, 2.05) is 0 Å². The van der Waals surface area contributed by atoms with Gasteiger partial charge in [0.05, 0.1) is 31.3 Å². The summed E-state index contributed by atoms with van der Waals surface area (Å²) in [5, 5.41) is 13.5. The lowest BCUT2D eigenvalue weighted by atomic mass is 10.1. The number of nitro benzene ring substituents is 1. The molecular formula is C18H18N2O7. The second-order valence-electron chi connectivity index (χ2n) is 5.34. The van der Waals surface area contributed by atoms with Crippen molar-refractivity contribution in [2.45, 2.75) is 6.42 Å². The highest BCUT2D eigenvalue weighted by molar-refractivity contribution is 5.94. The van der Waals surface area contributed by atoms with Gasteiger partial charge in [0, 0.05) is 17.7 Å². The second kappa shape index (κ2) is 9.18. The van der Waals surface area contributed by atoms with Gasteiger partial charge in [0.25, 0.3) is 11.6 Å². The lowest BCUT2D eigenvalue weighted by Gasteiger charge is -2.11. The van der Waals surface area contributed by atoms with Crippen molar-refractivity contribution in [3.8, 4) is 11.5 Å². The molecule has 9 heteroatoms. The van der Waals surface area contributed by atoms with E-state index in [-0.39, 0.29) is 17.7 Å². The number of nitrogens with zero attached hydrogens (tertiary/aromatic N) is 1. The molecule has 0 aliphatic rings. The molecule has 2 aromatic rings. The first kappa shape index (κ1) is 19.7. The molecule has 0 aromatic heterocycles. The van der Waals surface area contributed by atoms with Gasteiger partial charge in [-0.2, -0.15) is 0 Å². The monoisotopic (exact) mass is 374 g/mol. The first-order chi connectivity index (χ1) is 12.9. The quantitative estimate of drug-likeness (QED) is 0.428. The summed E-state index contributed by atoms with van der Waals surface area (Å²) in [4.78, 5) is 34.2. The maximum absolute atomic E-state index is 12.0. The van der Waals surface area contributed by atoms with Crippen LogP contribution < -0.4 is 14.8 Å². The number of para-hydroxylation sites is 1. The summed E-state index contributed by atoms with van der Waals surface area (Å²) in [5.74, 6) is -0.384. The van der Waals surface area contributed by atoms with E-state index in [2.05, 4.69) is 5.32 Å². The third-order valence-electron chi connectivity index (χ3n) is 3.57. The van der Waals surface area contributed by atoms with Crippen LogP contribution in [0.25, 0.3) is 0 Å². The zero-order chi connectivity index (χ0) is 19.8. The number of carbonyl (C=O) groups is 2. The molecule has 0 saturated heterocycles. The number of rotatable bonds is 8. The molecule has 0 bridgehead atoms. The average molecular weight is 374 g/mol. The van der Waals surface area contributed by atoms with Crippen molar-refractivity contribution in [3.63, 3.8) is 0 Å². The Morgan fingerprint density at radius 2 is 1.85 bits per heavy atom. The molecule has 0 aliphatic carbocycles. The molecule has 27 heavy (non-hydrogen) atoms. The highest BCUT2D eigenvalue weighted by atomic mass is 16.6. The van der Waals surface area contributed by atoms with Gasteiger partial charge in [-0.3, -0.25) is 19.7 Å². The standard InChI is InChI=1S/C18H18N2O7/c1-25-13-7-8-14(16(10-13)26-2)19-17(21)11-27-18(22)9-12-5-3-4-6-15(12)20(23)24/h3-8,10H,9,11H2,1-2H3,(H,19,21). The maximum Gasteiger partial charge on any atom is 0.311 e. The first-order valence-corrected chi connectivity index (χ1v) is 7.84. The normalized spacial score (nSPS) is 10.0. The molecule has 9 nitrogen and oxygen atoms in total. The number of ether oxygens (including phenoxy) is 3. The van der Waals surface area contributed by atoms with E-state index in [0.717, 1.165) is 0 Å². The SMILES string of the molecule is COc1ccc(NC(=O)COC(=O)Cc2ccccc2[N+](=O)[O-])c(OC)c1. The molecule has 142 valence electrons. The van der Waals surface area contributed by atoms with Gasteiger partial charge in [-0.1, -0.05) is 18.2 Å². The van der Waals surface area contributed by atoms with Crippen LogP contribution in [0.4, 0.5) is 11.4 Å². The zero-order valence-electron chi connectivity index (χ0n) is 14.8. The summed E-state index contributed by atoms with van der Waals surface area (Å²) in [6.07, 6.45) is -0.309. The lowest BCUT2D eigenvalue weighted by Crippen LogP contribution is -2.22. The van der Waals surface area contributed by atoms with Gasteiger partial charge in [0.15, 0.2) is 6.61 Å². The Balaban J connectivity index is 1.92. The number of esters is 1. The third-order valence-corrected chi connectivity index (χ3v) is 3.57. The van der Waals surface area contributed by atoms with E-state index >= 15 is 0 Å². The van der Waals surface area contributed by atoms with Crippen LogP contribution in [0.1, 0.15) is 5.56 Å². The van der Waals surface area contributed by atoms with Gasteiger partial charge in [0.1, 0.15) is 11.5 Å². The Labute approximate surface area is 155 Å².